The number of nitro benzene ring substituents is 1. The third kappa shape index (κ3) is 2.47. The predicted molar refractivity (Wildman–Crippen MR) is 84.4 cm³/mol. The SMILES string of the molecule is O=C1C(=Cc2cc(Cl)cc([N+](=O)[O-])c2O)Sc2ccccc21. The van der Waals surface area contributed by atoms with Gasteiger partial charge in [0.2, 0.25) is 11.5 Å². The minimum Gasteiger partial charge on any atom is -0.502 e. The summed E-state index contributed by atoms with van der Waals surface area (Å²) in [5.41, 5.74) is 0.227. The summed E-state index contributed by atoms with van der Waals surface area (Å²) in [6.45, 7) is 0. The lowest BCUT2D eigenvalue weighted by Gasteiger charge is -2.03. The number of phenolic OH excluding ortho intramolecular Hbond substituents is 1. The molecule has 1 aliphatic heterocycles. The van der Waals surface area contributed by atoms with Gasteiger partial charge in [0.25, 0.3) is 0 Å². The van der Waals surface area contributed by atoms with Gasteiger partial charge in [-0.05, 0) is 24.3 Å². The minimum atomic E-state index is -0.721. The summed E-state index contributed by atoms with van der Waals surface area (Å²) >= 11 is 7.10. The van der Waals surface area contributed by atoms with E-state index < -0.39 is 16.4 Å². The standard InChI is InChI=1S/C15H8ClNO4S/c16-9-5-8(14(18)11(7-9)17(20)21)6-13-15(19)10-3-1-2-4-12(10)22-13/h1-7,18H. The molecule has 0 fully saturated rings. The van der Waals surface area contributed by atoms with Gasteiger partial charge in [0.05, 0.1) is 9.83 Å². The zero-order valence-corrected chi connectivity index (χ0v) is 12.5. The molecule has 0 unspecified atom stereocenters. The van der Waals surface area contributed by atoms with E-state index in [-0.39, 0.29) is 16.4 Å². The van der Waals surface area contributed by atoms with Crippen LogP contribution >= 0.6 is 23.4 Å². The number of aromatic hydroxyl groups is 1. The molecule has 0 amide bonds. The summed E-state index contributed by atoms with van der Waals surface area (Å²) in [5, 5.41) is 21.0. The van der Waals surface area contributed by atoms with Crippen molar-refractivity contribution in [3.8, 4) is 5.75 Å². The van der Waals surface area contributed by atoms with Gasteiger partial charge in [-0.1, -0.05) is 35.5 Å². The fourth-order valence-corrected chi connectivity index (χ4v) is 3.40. The van der Waals surface area contributed by atoms with Crippen molar-refractivity contribution in [1.29, 1.82) is 0 Å². The molecule has 22 heavy (non-hydrogen) atoms. The molecule has 0 spiro atoms. The Kier molecular flexibility index (Phi) is 3.64. The third-order valence-corrected chi connectivity index (χ3v) is 4.46. The number of nitro groups is 1. The largest absolute Gasteiger partial charge is 0.502 e. The molecule has 0 saturated carbocycles. The number of hydrogen-bond donors (Lipinski definition) is 1. The maximum absolute atomic E-state index is 12.3. The van der Waals surface area contributed by atoms with Crippen LogP contribution in [0.15, 0.2) is 46.2 Å². The first-order valence-electron chi connectivity index (χ1n) is 6.17. The first-order valence-corrected chi connectivity index (χ1v) is 7.37. The number of allylic oxidation sites excluding steroid dienone is 1. The van der Waals surface area contributed by atoms with Gasteiger partial charge in [0.1, 0.15) is 0 Å². The molecule has 3 rings (SSSR count). The fraction of sp³-hybridized carbons (Fsp3) is 0. The van der Waals surface area contributed by atoms with E-state index in [1.807, 2.05) is 12.1 Å². The zero-order valence-electron chi connectivity index (χ0n) is 10.9. The van der Waals surface area contributed by atoms with Crippen molar-refractivity contribution in [1.82, 2.24) is 0 Å². The van der Waals surface area contributed by atoms with Gasteiger partial charge in [-0.2, -0.15) is 0 Å². The number of benzene rings is 2. The number of rotatable bonds is 2. The van der Waals surface area contributed by atoms with Crippen LogP contribution in [-0.4, -0.2) is 15.8 Å². The molecule has 1 N–H and O–H groups in total. The molecule has 0 radical (unpaired) electrons. The van der Waals surface area contributed by atoms with E-state index in [4.69, 9.17) is 11.6 Å². The Bertz CT molecular complexity index is 847. The van der Waals surface area contributed by atoms with E-state index in [0.29, 0.717) is 10.5 Å². The average molecular weight is 334 g/mol. The summed E-state index contributed by atoms with van der Waals surface area (Å²) in [7, 11) is 0. The highest BCUT2D eigenvalue weighted by molar-refractivity contribution is 8.04. The average Bonchev–Trinajstić information content (AvgIpc) is 2.79. The van der Waals surface area contributed by atoms with E-state index in [1.54, 1.807) is 12.1 Å². The molecule has 0 saturated heterocycles. The second-order valence-electron chi connectivity index (χ2n) is 4.56. The molecule has 2 aromatic carbocycles. The number of thioether (sulfide) groups is 1. The van der Waals surface area contributed by atoms with Gasteiger partial charge < -0.3 is 5.11 Å². The normalized spacial score (nSPS) is 15.1. The van der Waals surface area contributed by atoms with Crippen molar-refractivity contribution in [3.05, 3.63) is 67.6 Å². The summed E-state index contributed by atoms with van der Waals surface area (Å²) in [5.74, 6) is -0.686. The third-order valence-electron chi connectivity index (χ3n) is 3.14. The Morgan fingerprint density at radius 2 is 2.00 bits per heavy atom. The first-order chi connectivity index (χ1) is 10.5. The lowest BCUT2D eigenvalue weighted by molar-refractivity contribution is -0.385. The monoisotopic (exact) mass is 333 g/mol. The number of fused-ring (bicyclic) bond motifs is 1. The second kappa shape index (κ2) is 5.47. The van der Waals surface area contributed by atoms with Crippen molar-refractivity contribution >= 4 is 40.9 Å². The van der Waals surface area contributed by atoms with Gasteiger partial charge in [-0.25, -0.2) is 0 Å². The van der Waals surface area contributed by atoms with Crippen molar-refractivity contribution < 1.29 is 14.8 Å². The van der Waals surface area contributed by atoms with Crippen LogP contribution in [-0.2, 0) is 0 Å². The number of carbonyl (C=O) groups excluding carboxylic acids is 1. The van der Waals surface area contributed by atoms with Crippen LogP contribution in [0, 0.1) is 10.1 Å². The number of nitrogens with zero attached hydrogens (tertiary/aromatic N) is 1. The first kappa shape index (κ1) is 14.6. The number of phenols is 1. The Morgan fingerprint density at radius 1 is 1.27 bits per heavy atom. The quantitative estimate of drug-likeness (QED) is 0.504. The molecule has 0 bridgehead atoms. The highest BCUT2D eigenvalue weighted by Crippen LogP contribution is 2.42. The second-order valence-corrected chi connectivity index (χ2v) is 6.08. The van der Waals surface area contributed by atoms with E-state index in [1.165, 1.54) is 23.9 Å². The molecule has 5 nitrogen and oxygen atoms in total. The van der Waals surface area contributed by atoms with E-state index in [2.05, 4.69) is 0 Å². The molecular weight excluding hydrogens is 326 g/mol. The van der Waals surface area contributed by atoms with Crippen LogP contribution in [0.5, 0.6) is 5.75 Å². The number of hydrogen-bond acceptors (Lipinski definition) is 5. The molecule has 2 aromatic rings. The van der Waals surface area contributed by atoms with Crippen molar-refractivity contribution in [2.75, 3.05) is 0 Å². The Hall–Kier alpha value is -2.31. The maximum Gasteiger partial charge on any atom is 0.312 e. The number of ketones is 1. The highest BCUT2D eigenvalue weighted by atomic mass is 35.5. The van der Waals surface area contributed by atoms with Crippen molar-refractivity contribution in [2.45, 2.75) is 4.90 Å². The summed E-state index contributed by atoms with van der Waals surface area (Å²) < 4.78 is 0. The molecule has 0 aromatic heterocycles. The van der Waals surface area contributed by atoms with Gasteiger partial charge in [-0.15, -0.1) is 0 Å². The topological polar surface area (TPSA) is 80.4 Å². The molecule has 110 valence electrons. The highest BCUT2D eigenvalue weighted by Gasteiger charge is 2.26. The molecule has 0 atom stereocenters. The molecule has 0 aliphatic carbocycles. The number of halogens is 1. The fourth-order valence-electron chi connectivity index (χ4n) is 2.13. The van der Waals surface area contributed by atoms with Crippen LogP contribution in [0.2, 0.25) is 5.02 Å². The van der Waals surface area contributed by atoms with Gasteiger partial charge >= 0.3 is 5.69 Å². The van der Waals surface area contributed by atoms with Crippen LogP contribution in [0.25, 0.3) is 6.08 Å². The van der Waals surface area contributed by atoms with E-state index in [9.17, 15) is 20.0 Å². The van der Waals surface area contributed by atoms with Crippen molar-refractivity contribution in [2.24, 2.45) is 0 Å². The Balaban J connectivity index is 2.08. The summed E-state index contributed by atoms with van der Waals surface area (Å²) in [6.07, 6.45) is 1.42. The smallest absolute Gasteiger partial charge is 0.312 e. The van der Waals surface area contributed by atoms with Crippen LogP contribution in [0.1, 0.15) is 15.9 Å². The van der Waals surface area contributed by atoms with Crippen LogP contribution < -0.4 is 0 Å². The minimum absolute atomic E-state index is 0.115. The lowest BCUT2D eigenvalue weighted by Crippen LogP contribution is -1.94. The number of Topliss-reactive ketones (excluding diaryl/α,β-unsaturated/α-hetero) is 1. The van der Waals surface area contributed by atoms with Crippen LogP contribution in [0.4, 0.5) is 5.69 Å². The van der Waals surface area contributed by atoms with Crippen LogP contribution in [0.3, 0.4) is 0 Å². The van der Waals surface area contributed by atoms with Gasteiger partial charge in [-0.3, -0.25) is 14.9 Å². The Morgan fingerprint density at radius 3 is 2.68 bits per heavy atom. The van der Waals surface area contributed by atoms with E-state index >= 15 is 0 Å². The molecule has 1 aliphatic rings. The lowest BCUT2D eigenvalue weighted by atomic mass is 10.1. The van der Waals surface area contributed by atoms with Gasteiger partial charge in [0, 0.05) is 27.1 Å². The predicted octanol–water partition coefficient (Wildman–Crippen LogP) is 4.28. The molecule has 1 heterocycles. The van der Waals surface area contributed by atoms with Crippen molar-refractivity contribution in [3.63, 3.8) is 0 Å². The number of carbonyl (C=O) groups is 1. The summed E-state index contributed by atoms with van der Waals surface area (Å²) in [6, 6.07) is 9.57. The molecule has 7 heteroatoms. The Labute approximate surface area is 134 Å². The van der Waals surface area contributed by atoms with E-state index in [0.717, 1.165) is 11.0 Å². The zero-order chi connectivity index (χ0) is 15.9. The maximum atomic E-state index is 12.3. The van der Waals surface area contributed by atoms with Gasteiger partial charge in [0.15, 0.2) is 0 Å². The molecular formula is C15H8ClNO4S. The summed E-state index contributed by atoms with van der Waals surface area (Å²) in [4.78, 5) is 23.7.